The van der Waals surface area contributed by atoms with Crippen molar-refractivity contribution in [2.75, 3.05) is 6.61 Å². The van der Waals surface area contributed by atoms with E-state index in [4.69, 9.17) is 4.74 Å². The summed E-state index contributed by atoms with van der Waals surface area (Å²) in [5.74, 6) is 1.79. The zero-order valence-corrected chi connectivity index (χ0v) is 16.7. The molecular formula is C22H36O3. The van der Waals surface area contributed by atoms with Crippen LogP contribution in [0.1, 0.15) is 73.1 Å². The van der Waals surface area contributed by atoms with E-state index in [1.165, 1.54) is 31.8 Å². The summed E-state index contributed by atoms with van der Waals surface area (Å²) in [5, 5.41) is 11.0. The van der Waals surface area contributed by atoms with Crippen molar-refractivity contribution < 1.29 is 14.6 Å². The minimum Gasteiger partial charge on any atom is -0.465 e. The average molecular weight is 349 g/mol. The topological polar surface area (TPSA) is 46.5 Å². The summed E-state index contributed by atoms with van der Waals surface area (Å²) >= 11 is 0. The first-order valence-electron chi connectivity index (χ1n) is 10.2. The van der Waals surface area contributed by atoms with E-state index >= 15 is 0 Å². The van der Waals surface area contributed by atoms with Crippen LogP contribution in [0.15, 0.2) is 11.6 Å². The minimum absolute atomic E-state index is 0.0561. The third-order valence-electron chi connectivity index (χ3n) is 7.89. The summed E-state index contributed by atoms with van der Waals surface area (Å²) in [6.45, 7) is 11.3. The number of aliphatic hydroxyl groups excluding tert-OH is 1. The third kappa shape index (κ3) is 3.18. The van der Waals surface area contributed by atoms with Crippen LogP contribution in [0, 0.1) is 34.5 Å². The monoisotopic (exact) mass is 348 g/mol. The van der Waals surface area contributed by atoms with E-state index in [0.29, 0.717) is 30.3 Å². The standard InChI is InChI=1S/C22H36O3/c1-14(2)16-7-9-18-17(20(16)24)8-10-19-21(4,13-25-15(3)23)11-6-12-22(18,19)5/h8,14,16,18-20,24H,6-7,9-13H2,1-5H3. The lowest BCUT2D eigenvalue weighted by Gasteiger charge is -2.59. The maximum absolute atomic E-state index is 11.4. The summed E-state index contributed by atoms with van der Waals surface area (Å²) in [7, 11) is 0. The number of fused-ring (bicyclic) bond motifs is 3. The summed E-state index contributed by atoms with van der Waals surface area (Å²) in [6.07, 6.45) is 8.99. The molecule has 0 aromatic carbocycles. The Balaban J connectivity index is 1.89. The predicted octanol–water partition coefficient (Wildman–Crippen LogP) is 4.74. The van der Waals surface area contributed by atoms with Gasteiger partial charge in [0.25, 0.3) is 0 Å². The lowest BCUT2D eigenvalue weighted by Crippen LogP contribution is -2.54. The van der Waals surface area contributed by atoms with Gasteiger partial charge in [-0.1, -0.05) is 40.2 Å². The lowest BCUT2D eigenvalue weighted by atomic mass is 9.46. The van der Waals surface area contributed by atoms with Crippen molar-refractivity contribution >= 4 is 5.97 Å². The first kappa shape index (κ1) is 18.9. The predicted molar refractivity (Wildman–Crippen MR) is 99.9 cm³/mol. The normalized spacial score (nSPS) is 43.9. The SMILES string of the molecule is CC(=O)OCC1(C)CCCC2(C)C3CCC(C(C)C)C(O)C3=CCC12. The van der Waals surface area contributed by atoms with Gasteiger partial charge in [0.05, 0.1) is 12.7 Å². The fourth-order valence-electron chi connectivity index (χ4n) is 6.49. The largest absolute Gasteiger partial charge is 0.465 e. The molecule has 6 atom stereocenters. The van der Waals surface area contributed by atoms with Gasteiger partial charge in [0.1, 0.15) is 0 Å². The fraction of sp³-hybridized carbons (Fsp3) is 0.864. The van der Waals surface area contributed by atoms with Crippen molar-refractivity contribution in [3.05, 3.63) is 11.6 Å². The molecule has 3 heteroatoms. The van der Waals surface area contributed by atoms with Crippen molar-refractivity contribution in [1.29, 1.82) is 0 Å². The Morgan fingerprint density at radius 2 is 2.04 bits per heavy atom. The van der Waals surface area contributed by atoms with Crippen molar-refractivity contribution in [3.8, 4) is 0 Å². The Hall–Kier alpha value is -0.830. The van der Waals surface area contributed by atoms with E-state index in [-0.39, 0.29) is 22.9 Å². The summed E-state index contributed by atoms with van der Waals surface area (Å²) in [6, 6.07) is 0. The van der Waals surface area contributed by atoms with Crippen LogP contribution in [-0.2, 0) is 9.53 Å². The molecule has 0 heterocycles. The highest BCUT2D eigenvalue weighted by molar-refractivity contribution is 5.65. The average Bonchev–Trinajstić information content (AvgIpc) is 2.53. The Labute approximate surface area is 153 Å². The number of hydrogen-bond donors (Lipinski definition) is 1. The second-order valence-corrected chi connectivity index (χ2v) is 9.77. The van der Waals surface area contributed by atoms with Crippen molar-refractivity contribution in [2.45, 2.75) is 79.2 Å². The van der Waals surface area contributed by atoms with Crippen LogP contribution in [0.3, 0.4) is 0 Å². The molecule has 3 aliphatic carbocycles. The number of esters is 1. The van der Waals surface area contributed by atoms with Crippen LogP contribution in [0.2, 0.25) is 0 Å². The van der Waals surface area contributed by atoms with Gasteiger partial charge < -0.3 is 9.84 Å². The molecule has 0 aromatic rings. The zero-order chi connectivity index (χ0) is 18.4. The molecule has 0 bridgehead atoms. The van der Waals surface area contributed by atoms with E-state index in [1.807, 2.05) is 0 Å². The fourth-order valence-corrected chi connectivity index (χ4v) is 6.49. The number of carbonyl (C=O) groups is 1. The molecule has 2 fully saturated rings. The molecule has 142 valence electrons. The van der Waals surface area contributed by atoms with E-state index in [9.17, 15) is 9.90 Å². The maximum atomic E-state index is 11.4. The molecule has 0 aliphatic heterocycles. The summed E-state index contributed by atoms with van der Waals surface area (Å²) in [5.41, 5.74) is 1.60. The number of hydrogen-bond acceptors (Lipinski definition) is 3. The molecule has 3 rings (SSSR count). The zero-order valence-electron chi connectivity index (χ0n) is 16.7. The van der Waals surface area contributed by atoms with Gasteiger partial charge in [-0.3, -0.25) is 4.79 Å². The number of carbonyl (C=O) groups excluding carboxylic acids is 1. The first-order chi connectivity index (χ1) is 11.7. The second-order valence-electron chi connectivity index (χ2n) is 9.77. The highest BCUT2D eigenvalue weighted by Crippen LogP contribution is 2.62. The number of aliphatic hydroxyl groups is 1. The van der Waals surface area contributed by atoms with E-state index in [1.54, 1.807) is 0 Å². The summed E-state index contributed by atoms with van der Waals surface area (Å²) in [4.78, 5) is 11.4. The van der Waals surface area contributed by atoms with E-state index in [0.717, 1.165) is 19.3 Å². The Morgan fingerprint density at radius 3 is 2.68 bits per heavy atom. The number of rotatable bonds is 3. The highest BCUT2D eigenvalue weighted by Gasteiger charge is 2.56. The number of ether oxygens (including phenoxy) is 1. The Morgan fingerprint density at radius 1 is 1.32 bits per heavy atom. The molecule has 6 unspecified atom stereocenters. The molecule has 25 heavy (non-hydrogen) atoms. The molecule has 0 spiro atoms. The highest BCUT2D eigenvalue weighted by atomic mass is 16.5. The van der Waals surface area contributed by atoms with Gasteiger partial charge >= 0.3 is 5.97 Å². The molecule has 0 amide bonds. The van der Waals surface area contributed by atoms with Crippen LogP contribution in [-0.4, -0.2) is 23.8 Å². The van der Waals surface area contributed by atoms with Gasteiger partial charge in [0, 0.05) is 12.3 Å². The van der Waals surface area contributed by atoms with Gasteiger partial charge in [0.15, 0.2) is 0 Å². The van der Waals surface area contributed by atoms with Crippen LogP contribution in [0.5, 0.6) is 0 Å². The molecule has 2 saturated carbocycles. The van der Waals surface area contributed by atoms with E-state index < -0.39 is 0 Å². The van der Waals surface area contributed by atoms with Gasteiger partial charge in [-0.25, -0.2) is 0 Å². The quantitative estimate of drug-likeness (QED) is 0.592. The smallest absolute Gasteiger partial charge is 0.302 e. The second kappa shape index (κ2) is 6.72. The minimum atomic E-state index is -0.266. The van der Waals surface area contributed by atoms with Gasteiger partial charge in [0.2, 0.25) is 0 Å². The molecule has 0 saturated heterocycles. The Kier molecular flexibility index (Phi) is 5.09. The van der Waals surface area contributed by atoms with Crippen molar-refractivity contribution in [3.63, 3.8) is 0 Å². The maximum Gasteiger partial charge on any atom is 0.302 e. The molecule has 3 nitrogen and oxygen atoms in total. The van der Waals surface area contributed by atoms with E-state index in [2.05, 4.69) is 33.8 Å². The van der Waals surface area contributed by atoms with Crippen LogP contribution >= 0.6 is 0 Å². The van der Waals surface area contributed by atoms with Crippen LogP contribution < -0.4 is 0 Å². The summed E-state index contributed by atoms with van der Waals surface area (Å²) < 4.78 is 5.48. The number of allylic oxidation sites excluding steroid dienone is 1. The third-order valence-corrected chi connectivity index (χ3v) is 7.89. The van der Waals surface area contributed by atoms with Gasteiger partial charge in [-0.05, 0) is 66.8 Å². The lowest BCUT2D eigenvalue weighted by molar-refractivity contribution is -0.152. The van der Waals surface area contributed by atoms with Gasteiger partial charge in [-0.2, -0.15) is 0 Å². The van der Waals surface area contributed by atoms with Crippen molar-refractivity contribution in [2.24, 2.45) is 34.5 Å². The van der Waals surface area contributed by atoms with Gasteiger partial charge in [-0.15, -0.1) is 0 Å². The van der Waals surface area contributed by atoms with Crippen LogP contribution in [0.25, 0.3) is 0 Å². The van der Waals surface area contributed by atoms with Crippen molar-refractivity contribution in [1.82, 2.24) is 0 Å². The molecule has 0 aromatic heterocycles. The molecule has 3 aliphatic rings. The molecular weight excluding hydrogens is 312 g/mol. The first-order valence-corrected chi connectivity index (χ1v) is 10.2. The van der Waals surface area contributed by atoms with Crippen LogP contribution in [0.4, 0.5) is 0 Å². The Bertz CT molecular complexity index is 551. The molecule has 1 N–H and O–H groups in total. The molecule has 0 radical (unpaired) electrons.